The first-order chi connectivity index (χ1) is 26.0. The number of aliphatic hydroxyl groups excluding tert-OH is 8. The van der Waals surface area contributed by atoms with Gasteiger partial charge in [-0.1, -0.05) is 34.6 Å². The molecule has 6 fully saturated rings. The van der Waals surface area contributed by atoms with Crippen LogP contribution in [-0.4, -0.2) is 157 Å². The third-order valence-electron chi connectivity index (χ3n) is 15.2. The summed E-state index contributed by atoms with van der Waals surface area (Å²) in [5.41, 5.74) is -2.21. The zero-order chi connectivity index (χ0) is 41.3. The Kier molecular flexibility index (Phi) is 13.4. The van der Waals surface area contributed by atoms with E-state index in [1.54, 1.807) is 0 Å². The van der Waals surface area contributed by atoms with E-state index >= 15 is 0 Å². The molecule has 0 aromatic heterocycles. The Morgan fingerprint density at radius 2 is 1.45 bits per heavy atom. The van der Waals surface area contributed by atoms with Crippen molar-refractivity contribution in [1.82, 2.24) is 0 Å². The van der Waals surface area contributed by atoms with Crippen LogP contribution in [0.4, 0.5) is 0 Å². The average Bonchev–Trinajstić information content (AvgIpc) is 3.40. The molecule has 56 heavy (non-hydrogen) atoms. The van der Waals surface area contributed by atoms with Gasteiger partial charge in [-0.3, -0.25) is 4.55 Å². The molecule has 6 rings (SSSR count). The van der Waals surface area contributed by atoms with Crippen molar-refractivity contribution < 1.29 is 82.1 Å². The van der Waals surface area contributed by atoms with Crippen LogP contribution in [0.15, 0.2) is 0 Å². The van der Waals surface area contributed by atoms with Crippen LogP contribution in [0.2, 0.25) is 0 Å². The molecule has 0 radical (unpaired) electrons. The zero-order valence-electron chi connectivity index (χ0n) is 33.0. The first kappa shape index (κ1) is 44.9. The Balaban J connectivity index is 1.10. The van der Waals surface area contributed by atoms with Crippen LogP contribution in [-0.2, 0) is 33.5 Å². The van der Waals surface area contributed by atoms with E-state index in [1.807, 2.05) is 13.8 Å². The fraction of sp³-hybridized carbons (Fsp3) is 1.00. The summed E-state index contributed by atoms with van der Waals surface area (Å²) in [5, 5.41) is 98.4. The summed E-state index contributed by atoms with van der Waals surface area (Å²) < 4.78 is 58.9. The summed E-state index contributed by atoms with van der Waals surface area (Å²) in [7, 11) is -4.86. The molecule has 21 atom stereocenters. The highest BCUT2D eigenvalue weighted by Crippen LogP contribution is 2.70. The van der Waals surface area contributed by atoms with Gasteiger partial charge in [0.25, 0.3) is 0 Å². The summed E-state index contributed by atoms with van der Waals surface area (Å²) in [6, 6.07) is 0. The smallest absolute Gasteiger partial charge is 0.393 e. The van der Waals surface area contributed by atoms with E-state index in [1.165, 1.54) is 0 Å². The predicted molar refractivity (Wildman–Crippen MR) is 194 cm³/mol. The Morgan fingerprint density at radius 1 is 0.786 bits per heavy atom. The van der Waals surface area contributed by atoms with E-state index in [4.69, 9.17) is 23.5 Å². The van der Waals surface area contributed by atoms with E-state index in [9.17, 15) is 54.4 Å². The van der Waals surface area contributed by atoms with Crippen molar-refractivity contribution in [3.8, 4) is 0 Å². The van der Waals surface area contributed by atoms with Crippen molar-refractivity contribution in [3.63, 3.8) is 0 Å². The molecule has 17 nitrogen and oxygen atoms in total. The van der Waals surface area contributed by atoms with E-state index in [0.29, 0.717) is 44.9 Å². The van der Waals surface area contributed by atoms with Crippen LogP contribution in [0.1, 0.15) is 92.4 Å². The quantitative estimate of drug-likeness (QED) is 0.0886. The summed E-state index contributed by atoms with van der Waals surface area (Å²) in [4.78, 5) is 0. The molecular weight excluding hydrogens is 760 g/mol. The third-order valence-corrected chi connectivity index (χ3v) is 15.6. The molecule has 0 aromatic carbocycles. The van der Waals surface area contributed by atoms with Gasteiger partial charge in [0.2, 0.25) is 0 Å². The molecule has 2 heterocycles. The van der Waals surface area contributed by atoms with Gasteiger partial charge in [0, 0.05) is 12.3 Å². The highest BCUT2D eigenvalue weighted by Gasteiger charge is 2.71. The summed E-state index contributed by atoms with van der Waals surface area (Å²) >= 11 is 0. The van der Waals surface area contributed by atoms with Crippen LogP contribution in [0.3, 0.4) is 0 Å². The molecule has 4 saturated carbocycles. The van der Waals surface area contributed by atoms with Gasteiger partial charge in [-0.15, -0.1) is 0 Å². The van der Waals surface area contributed by atoms with Gasteiger partial charge < -0.3 is 64.9 Å². The molecule has 326 valence electrons. The Morgan fingerprint density at radius 3 is 2.11 bits per heavy atom. The first-order valence-corrected chi connectivity index (χ1v) is 21.7. The van der Waals surface area contributed by atoms with Gasteiger partial charge in [-0.2, -0.15) is 8.42 Å². The zero-order valence-corrected chi connectivity index (χ0v) is 33.8. The molecule has 2 aliphatic heterocycles. The average molecular weight is 827 g/mol. The van der Waals surface area contributed by atoms with E-state index in [0.717, 1.165) is 6.42 Å². The van der Waals surface area contributed by atoms with Crippen LogP contribution in [0, 0.1) is 46.3 Å². The highest BCUT2D eigenvalue weighted by atomic mass is 32.3. The molecule has 18 heteroatoms. The van der Waals surface area contributed by atoms with Crippen molar-refractivity contribution in [2.45, 2.75) is 178 Å². The lowest BCUT2D eigenvalue weighted by Crippen LogP contribution is -2.68. The number of fused-ring (bicyclic) bond motifs is 5. The Bertz CT molecular complexity index is 1450. The lowest BCUT2D eigenvalue weighted by Gasteiger charge is -2.66. The number of hydrogen-bond acceptors (Lipinski definition) is 16. The third kappa shape index (κ3) is 8.35. The summed E-state index contributed by atoms with van der Waals surface area (Å²) in [5.74, 6) is -0.861. The Labute approximate surface area is 329 Å². The van der Waals surface area contributed by atoms with Gasteiger partial charge in [-0.05, 0) is 91.8 Å². The van der Waals surface area contributed by atoms with Crippen LogP contribution < -0.4 is 0 Å². The predicted octanol–water partition coefficient (Wildman–Crippen LogP) is -0.389. The van der Waals surface area contributed by atoms with Crippen LogP contribution >= 0.6 is 0 Å². The normalized spacial score (nSPS) is 50.9. The number of hydrogen-bond donors (Lipinski definition) is 10. The number of aliphatic hydroxyl groups is 9. The molecule has 6 aliphatic rings. The van der Waals surface area contributed by atoms with Crippen molar-refractivity contribution in [2.24, 2.45) is 46.3 Å². The van der Waals surface area contributed by atoms with Crippen molar-refractivity contribution in [3.05, 3.63) is 0 Å². The lowest BCUT2D eigenvalue weighted by molar-refractivity contribution is -0.314. The van der Waals surface area contributed by atoms with Crippen LogP contribution in [0.5, 0.6) is 0 Å². The summed E-state index contributed by atoms with van der Waals surface area (Å²) in [6.45, 7) is 9.27. The van der Waals surface area contributed by atoms with Gasteiger partial charge in [0.05, 0.1) is 43.2 Å². The molecule has 10 N–H and O–H groups in total. The molecule has 0 aromatic rings. The largest absolute Gasteiger partial charge is 0.397 e. The van der Waals surface area contributed by atoms with Crippen LogP contribution in [0.25, 0.3) is 0 Å². The highest BCUT2D eigenvalue weighted by molar-refractivity contribution is 7.80. The first-order valence-electron chi connectivity index (χ1n) is 20.4. The molecular formula is C38H66O17S. The standard InChI is InChI=1S/C38H66O17S/c1-17(2)25(54-35-32(46)30(44)29(43)26(55-35)16-52-56(48,49)50)7-6-18(3)20-13-22(39)33-37(20,5)11-9-27-36(4)10-8-19(12-21(36)23(40)14-38(27,33)47)53-34-31(45)28(42)24(41)15-51-34/h17-35,39-47H,6-16H2,1-5H3,(H,48,49,50)/t18-,19+,20-,21?,22-,23+,24-,25+,26-,27?,28+,29-,30+,31-,32-,33?,34+,35-,36+,37-,38+/m1/s1. The molecule has 0 spiro atoms. The van der Waals surface area contributed by atoms with Crippen molar-refractivity contribution in [2.75, 3.05) is 13.2 Å². The number of rotatable bonds is 12. The van der Waals surface area contributed by atoms with E-state index < -0.39 is 113 Å². The maximum atomic E-state index is 12.8. The lowest BCUT2D eigenvalue weighted by atomic mass is 9.42. The van der Waals surface area contributed by atoms with Gasteiger partial charge >= 0.3 is 10.4 Å². The monoisotopic (exact) mass is 826 g/mol. The minimum atomic E-state index is -4.86. The van der Waals surface area contributed by atoms with Gasteiger partial charge in [-0.25, -0.2) is 4.18 Å². The second-order valence-corrected chi connectivity index (χ2v) is 19.9. The summed E-state index contributed by atoms with van der Waals surface area (Å²) in [6.07, 6.45) is -10.7. The minimum absolute atomic E-state index is 0.0262. The van der Waals surface area contributed by atoms with Crippen molar-refractivity contribution >= 4 is 10.4 Å². The van der Waals surface area contributed by atoms with Gasteiger partial charge in [0.1, 0.15) is 42.7 Å². The molecule has 4 aliphatic carbocycles. The minimum Gasteiger partial charge on any atom is -0.393 e. The maximum absolute atomic E-state index is 12.8. The van der Waals surface area contributed by atoms with E-state index in [2.05, 4.69) is 25.0 Å². The maximum Gasteiger partial charge on any atom is 0.397 e. The molecule has 0 amide bonds. The Hall–Kier alpha value is -0.650. The fourth-order valence-electron chi connectivity index (χ4n) is 12.3. The fourth-order valence-corrected chi connectivity index (χ4v) is 12.6. The molecule has 3 unspecified atom stereocenters. The molecule has 0 bridgehead atoms. The molecule has 2 saturated heterocycles. The van der Waals surface area contributed by atoms with Gasteiger partial charge in [0.15, 0.2) is 12.6 Å². The second kappa shape index (κ2) is 16.7. The second-order valence-electron chi connectivity index (χ2n) is 18.8. The number of ether oxygens (including phenoxy) is 4. The topological polar surface area (TPSA) is 283 Å². The van der Waals surface area contributed by atoms with Crippen molar-refractivity contribution in [1.29, 1.82) is 0 Å². The van der Waals surface area contributed by atoms with E-state index in [-0.39, 0.29) is 48.7 Å². The SMILES string of the molecule is CC(C)[C@H](CC[C@@H](C)[C@H]1C[C@@H](O)C2[C@]3(O)C[C@H](O)C4C[C@@H](O[C@@H]5OC[C@@H](O)[C@H](O)[C@H]5O)CC[C@]4(C)C3CC[C@@]21C)O[C@@H]1O[C@H](COS(=O)(=O)O)[C@@H](O)[C@H](O)[C@H]1O.